The second-order valence-electron chi connectivity index (χ2n) is 2.04. The van der Waals surface area contributed by atoms with Crippen LogP contribution in [-0.4, -0.2) is 12.2 Å². The summed E-state index contributed by atoms with van der Waals surface area (Å²) in [6.07, 6.45) is 2.73. The molecule has 0 aromatic rings. The Morgan fingerprint density at radius 1 is 1.89 bits per heavy atom. The van der Waals surface area contributed by atoms with Gasteiger partial charge in [0.1, 0.15) is 6.29 Å². The van der Waals surface area contributed by atoms with E-state index < -0.39 is 0 Å². The summed E-state index contributed by atoms with van der Waals surface area (Å²) in [4.78, 5) is 10.2. The number of hydrogen-bond acceptors (Lipinski definition) is 1. The largest absolute Gasteiger partial charge is 0.302 e. The molecule has 1 rings (SSSR count). The molecule has 0 aliphatic heterocycles. The Morgan fingerprint density at radius 3 is 2.78 bits per heavy atom. The molecule has 1 unspecified atom stereocenters. The van der Waals surface area contributed by atoms with E-state index in [4.69, 9.17) is 11.6 Å². The first-order chi connectivity index (χ1) is 4.29. The molecule has 0 saturated heterocycles. The SMILES string of the molecule is C=C1C=C(CCl)C1C=O. The Labute approximate surface area is 59.0 Å². The maximum Gasteiger partial charge on any atom is 0.131 e. The fourth-order valence-electron chi connectivity index (χ4n) is 0.856. The Hall–Kier alpha value is -0.560. The van der Waals surface area contributed by atoms with Crippen molar-refractivity contribution in [3.05, 3.63) is 23.8 Å². The first kappa shape index (κ1) is 6.56. The number of rotatable bonds is 2. The van der Waals surface area contributed by atoms with Crippen LogP contribution in [0.2, 0.25) is 0 Å². The summed E-state index contributed by atoms with van der Waals surface area (Å²) < 4.78 is 0. The van der Waals surface area contributed by atoms with Gasteiger partial charge in [0.15, 0.2) is 0 Å². The van der Waals surface area contributed by atoms with Crippen LogP contribution in [0.15, 0.2) is 23.8 Å². The summed E-state index contributed by atoms with van der Waals surface area (Å²) in [7, 11) is 0. The molecule has 0 bridgehead atoms. The molecule has 9 heavy (non-hydrogen) atoms. The number of carbonyl (C=O) groups is 1. The van der Waals surface area contributed by atoms with Crippen molar-refractivity contribution >= 4 is 17.9 Å². The molecular weight excluding hydrogens is 136 g/mol. The summed E-state index contributed by atoms with van der Waals surface area (Å²) in [5.41, 5.74) is 1.86. The molecule has 0 radical (unpaired) electrons. The standard InChI is InChI=1S/C7H7ClO/c1-5-2-6(3-8)7(5)4-9/h2,4,7H,1,3H2. The molecule has 1 atom stereocenters. The molecule has 0 N–H and O–H groups in total. The molecule has 1 nitrogen and oxygen atoms in total. The van der Waals surface area contributed by atoms with Gasteiger partial charge in [0.25, 0.3) is 0 Å². The fraction of sp³-hybridized carbons (Fsp3) is 0.286. The lowest BCUT2D eigenvalue weighted by Gasteiger charge is -2.22. The molecule has 0 heterocycles. The average molecular weight is 143 g/mol. The third kappa shape index (κ3) is 0.924. The van der Waals surface area contributed by atoms with Crippen molar-refractivity contribution in [2.24, 2.45) is 5.92 Å². The first-order valence-electron chi connectivity index (χ1n) is 2.70. The van der Waals surface area contributed by atoms with Crippen LogP contribution in [0.1, 0.15) is 0 Å². The van der Waals surface area contributed by atoms with E-state index in [2.05, 4.69) is 6.58 Å². The van der Waals surface area contributed by atoms with E-state index in [1.807, 2.05) is 6.08 Å². The van der Waals surface area contributed by atoms with Gasteiger partial charge in [-0.15, -0.1) is 11.6 Å². The molecule has 0 fully saturated rings. The maximum atomic E-state index is 10.2. The Morgan fingerprint density at radius 2 is 2.56 bits per heavy atom. The number of aldehydes is 1. The predicted molar refractivity (Wildman–Crippen MR) is 37.5 cm³/mol. The normalized spacial score (nSPS) is 24.8. The number of carbonyl (C=O) groups excluding carboxylic acids is 1. The molecule has 2 heteroatoms. The molecule has 1 aliphatic rings. The zero-order chi connectivity index (χ0) is 6.85. The van der Waals surface area contributed by atoms with Crippen molar-refractivity contribution in [1.82, 2.24) is 0 Å². The summed E-state index contributed by atoms with van der Waals surface area (Å²) >= 11 is 5.47. The van der Waals surface area contributed by atoms with E-state index in [0.717, 1.165) is 17.4 Å². The minimum absolute atomic E-state index is 0.0810. The van der Waals surface area contributed by atoms with Crippen molar-refractivity contribution < 1.29 is 4.79 Å². The quantitative estimate of drug-likeness (QED) is 0.422. The third-order valence-electron chi connectivity index (χ3n) is 1.46. The van der Waals surface area contributed by atoms with Crippen molar-refractivity contribution in [2.75, 3.05) is 5.88 Å². The smallest absolute Gasteiger partial charge is 0.131 e. The highest BCUT2D eigenvalue weighted by Gasteiger charge is 2.22. The minimum atomic E-state index is -0.0810. The summed E-state index contributed by atoms with van der Waals surface area (Å²) in [5, 5.41) is 0. The van der Waals surface area contributed by atoms with Crippen molar-refractivity contribution in [1.29, 1.82) is 0 Å². The summed E-state index contributed by atoms with van der Waals surface area (Å²) in [6, 6.07) is 0. The minimum Gasteiger partial charge on any atom is -0.302 e. The van der Waals surface area contributed by atoms with E-state index in [-0.39, 0.29) is 5.92 Å². The fourth-order valence-corrected chi connectivity index (χ4v) is 1.10. The van der Waals surface area contributed by atoms with Gasteiger partial charge in [-0.2, -0.15) is 0 Å². The van der Waals surface area contributed by atoms with Crippen LogP contribution in [0.3, 0.4) is 0 Å². The Balaban J connectivity index is 2.69. The zero-order valence-electron chi connectivity index (χ0n) is 4.93. The van der Waals surface area contributed by atoms with E-state index >= 15 is 0 Å². The van der Waals surface area contributed by atoms with Crippen LogP contribution in [0, 0.1) is 5.92 Å². The van der Waals surface area contributed by atoms with Gasteiger partial charge in [0.2, 0.25) is 0 Å². The Kier molecular flexibility index (Phi) is 1.72. The lowest BCUT2D eigenvalue weighted by atomic mass is 9.83. The molecule has 0 amide bonds. The average Bonchev–Trinajstić information content (AvgIpc) is 1.83. The second kappa shape index (κ2) is 2.36. The summed E-state index contributed by atoms with van der Waals surface area (Å²) in [6.45, 7) is 3.64. The van der Waals surface area contributed by atoms with Gasteiger partial charge in [0.05, 0.1) is 5.92 Å². The topological polar surface area (TPSA) is 17.1 Å². The van der Waals surface area contributed by atoms with E-state index in [9.17, 15) is 4.79 Å². The molecule has 0 spiro atoms. The second-order valence-corrected chi connectivity index (χ2v) is 2.31. The van der Waals surface area contributed by atoms with E-state index in [1.165, 1.54) is 0 Å². The number of alkyl halides is 1. The highest BCUT2D eigenvalue weighted by Crippen LogP contribution is 2.30. The monoisotopic (exact) mass is 142 g/mol. The molecule has 1 aliphatic carbocycles. The van der Waals surface area contributed by atoms with Gasteiger partial charge in [-0.25, -0.2) is 0 Å². The number of halogens is 1. The van der Waals surface area contributed by atoms with Crippen LogP contribution in [0.4, 0.5) is 0 Å². The van der Waals surface area contributed by atoms with Crippen molar-refractivity contribution in [2.45, 2.75) is 0 Å². The van der Waals surface area contributed by atoms with E-state index in [0.29, 0.717) is 5.88 Å². The number of allylic oxidation sites excluding steroid dienone is 3. The molecule has 0 aromatic heterocycles. The van der Waals surface area contributed by atoms with Crippen LogP contribution in [-0.2, 0) is 4.79 Å². The highest BCUT2D eigenvalue weighted by molar-refractivity contribution is 6.20. The van der Waals surface area contributed by atoms with Gasteiger partial charge in [-0.3, -0.25) is 0 Å². The zero-order valence-corrected chi connectivity index (χ0v) is 5.69. The summed E-state index contributed by atoms with van der Waals surface area (Å²) in [5.74, 6) is 0.366. The lowest BCUT2D eigenvalue weighted by molar-refractivity contribution is -0.109. The number of hydrogen-bond donors (Lipinski definition) is 0. The van der Waals surface area contributed by atoms with Crippen LogP contribution < -0.4 is 0 Å². The van der Waals surface area contributed by atoms with Gasteiger partial charge >= 0.3 is 0 Å². The van der Waals surface area contributed by atoms with E-state index in [1.54, 1.807) is 0 Å². The molecule has 0 aromatic carbocycles. The third-order valence-corrected chi connectivity index (χ3v) is 1.77. The predicted octanol–water partition coefficient (Wildman–Crippen LogP) is 1.54. The lowest BCUT2D eigenvalue weighted by Crippen LogP contribution is -2.17. The van der Waals surface area contributed by atoms with Crippen LogP contribution in [0.25, 0.3) is 0 Å². The molecular formula is C7H7ClO. The molecule has 48 valence electrons. The first-order valence-corrected chi connectivity index (χ1v) is 3.23. The highest BCUT2D eigenvalue weighted by atomic mass is 35.5. The van der Waals surface area contributed by atoms with Crippen molar-refractivity contribution in [3.63, 3.8) is 0 Å². The van der Waals surface area contributed by atoms with Gasteiger partial charge in [0, 0.05) is 5.88 Å². The van der Waals surface area contributed by atoms with Gasteiger partial charge in [-0.1, -0.05) is 12.7 Å². The maximum absolute atomic E-state index is 10.2. The van der Waals surface area contributed by atoms with Crippen LogP contribution >= 0.6 is 11.6 Å². The van der Waals surface area contributed by atoms with Crippen LogP contribution in [0.5, 0.6) is 0 Å². The Bertz CT molecular complexity index is 181. The van der Waals surface area contributed by atoms with Crippen molar-refractivity contribution in [3.8, 4) is 0 Å². The van der Waals surface area contributed by atoms with Gasteiger partial charge < -0.3 is 4.79 Å². The molecule has 0 saturated carbocycles. The van der Waals surface area contributed by atoms with Gasteiger partial charge in [-0.05, 0) is 11.1 Å².